The zero-order valence-electron chi connectivity index (χ0n) is 11.4. The van der Waals surface area contributed by atoms with E-state index in [-0.39, 0.29) is 6.04 Å². The molecule has 3 rings (SSSR count). The van der Waals surface area contributed by atoms with Gasteiger partial charge in [0.25, 0.3) is 0 Å². The monoisotopic (exact) mass is 254 g/mol. The second-order valence-corrected chi connectivity index (χ2v) is 6.17. The van der Waals surface area contributed by atoms with Crippen molar-refractivity contribution in [2.24, 2.45) is 17.8 Å². The standard InChI is InChI=1S/C17H22N2/c18-9-8-17(14-4-2-1-3-5-14)19-12-16-11-13-6-7-15(16)10-13/h1-5,13,15-17,19H,6-8,10-12H2. The first-order valence-electron chi connectivity index (χ1n) is 7.52. The van der Waals surface area contributed by atoms with Crippen molar-refractivity contribution in [3.63, 3.8) is 0 Å². The molecule has 1 N–H and O–H groups in total. The highest BCUT2D eigenvalue weighted by Crippen LogP contribution is 2.48. The van der Waals surface area contributed by atoms with Crippen molar-refractivity contribution >= 4 is 0 Å². The fourth-order valence-corrected chi connectivity index (χ4v) is 4.00. The van der Waals surface area contributed by atoms with Gasteiger partial charge in [0.2, 0.25) is 0 Å². The Morgan fingerprint density at radius 3 is 2.68 bits per heavy atom. The fraction of sp³-hybridized carbons (Fsp3) is 0.588. The van der Waals surface area contributed by atoms with Crippen molar-refractivity contribution in [2.45, 2.75) is 38.1 Å². The SMILES string of the molecule is N#CCC(NCC1CC2CCC1C2)c1ccccc1. The number of rotatable bonds is 5. The van der Waals surface area contributed by atoms with E-state index in [0.29, 0.717) is 6.42 Å². The lowest BCUT2D eigenvalue weighted by molar-refractivity contribution is 0.307. The largest absolute Gasteiger partial charge is 0.309 e. The Morgan fingerprint density at radius 2 is 2.05 bits per heavy atom. The summed E-state index contributed by atoms with van der Waals surface area (Å²) in [7, 11) is 0. The maximum Gasteiger partial charge on any atom is 0.0641 e. The predicted octanol–water partition coefficient (Wildman–Crippen LogP) is 3.67. The number of fused-ring (bicyclic) bond motifs is 2. The smallest absolute Gasteiger partial charge is 0.0641 e. The molecule has 0 aromatic heterocycles. The predicted molar refractivity (Wildman–Crippen MR) is 76.4 cm³/mol. The second-order valence-electron chi connectivity index (χ2n) is 6.17. The van der Waals surface area contributed by atoms with E-state index >= 15 is 0 Å². The van der Waals surface area contributed by atoms with Crippen molar-refractivity contribution < 1.29 is 0 Å². The van der Waals surface area contributed by atoms with Crippen LogP contribution in [0.25, 0.3) is 0 Å². The molecule has 4 atom stereocenters. The van der Waals surface area contributed by atoms with Crippen molar-refractivity contribution in [1.82, 2.24) is 5.32 Å². The second kappa shape index (κ2) is 5.75. The Kier molecular flexibility index (Phi) is 3.84. The molecule has 0 spiro atoms. The Morgan fingerprint density at radius 1 is 1.21 bits per heavy atom. The van der Waals surface area contributed by atoms with Crippen molar-refractivity contribution in [3.8, 4) is 6.07 Å². The number of nitrogens with one attached hydrogen (secondary N) is 1. The van der Waals surface area contributed by atoms with E-state index in [1.165, 1.54) is 31.2 Å². The number of nitrogens with zero attached hydrogens (tertiary/aromatic N) is 1. The summed E-state index contributed by atoms with van der Waals surface area (Å²) in [6, 6.07) is 12.9. The van der Waals surface area contributed by atoms with Crippen molar-refractivity contribution in [1.29, 1.82) is 5.26 Å². The van der Waals surface area contributed by atoms with Gasteiger partial charge in [0.1, 0.15) is 0 Å². The minimum atomic E-state index is 0.199. The molecule has 0 amide bonds. The Balaban J connectivity index is 1.58. The van der Waals surface area contributed by atoms with Gasteiger partial charge in [-0.1, -0.05) is 36.8 Å². The molecule has 4 unspecified atom stereocenters. The van der Waals surface area contributed by atoms with Gasteiger partial charge < -0.3 is 5.32 Å². The van der Waals surface area contributed by atoms with E-state index in [0.717, 1.165) is 24.3 Å². The van der Waals surface area contributed by atoms with Crippen LogP contribution in [0, 0.1) is 29.1 Å². The van der Waals surface area contributed by atoms with Crippen LogP contribution in [0.4, 0.5) is 0 Å². The summed E-state index contributed by atoms with van der Waals surface area (Å²) in [5.74, 6) is 2.81. The molecule has 2 aliphatic carbocycles. The van der Waals surface area contributed by atoms with Crippen LogP contribution in [0.3, 0.4) is 0 Å². The van der Waals surface area contributed by atoms with Crippen molar-refractivity contribution in [3.05, 3.63) is 35.9 Å². The first kappa shape index (κ1) is 12.7. The van der Waals surface area contributed by atoms with E-state index in [4.69, 9.17) is 5.26 Å². The third-order valence-corrected chi connectivity index (χ3v) is 5.01. The van der Waals surface area contributed by atoms with E-state index in [9.17, 15) is 0 Å². The average molecular weight is 254 g/mol. The summed E-state index contributed by atoms with van der Waals surface area (Å²) in [6.07, 6.45) is 6.32. The summed E-state index contributed by atoms with van der Waals surface area (Å²) in [4.78, 5) is 0. The van der Waals surface area contributed by atoms with Crippen LogP contribution in [0.1, 0.15) is 43.7 Å². The Hall–Kier alpha value is -1.33. The first-order chi connectivity index (χ1) is 9.36. The molecule has 100 valence electrons. The number of hydrogen-bond acceptors (Lipinski definition) is 2. The molecular weight excluding hydrogens is 232 g/mol. The maximum absolute atomic E-state index is 9.01. The van der Waals surface area contributed by atoms with Gasteiger partial charge in [-0.15, -0.1) is 0 Å². The third kappa shape index (κ3) is 2.82. The number of nitriles is 1. The van der Waals surface area contributed by atoms with Gasteiger partial charge in [-0.05, 0) is 49.1 Å². The summed E-state index contributed by atoms with van der Waals surface area (Å²) in [6.45, 7) is 1.09. The summed E-state index contributed by atoms with van der Waals surface area (Å²) >= 11 is 0. The molecule has 0 aliphatic heterocycles. The molecule has 0 radical (unpaired) electrons. The topological polar surface area (TPSA) is 35.8 Å². The number of hydrogen-bond donors (Lipinski definition) is 1. The minimum absolute atomic E-state index is 0.199. The molecule has 2 aliphatic rings. The molecule has 0 heterocycles. The zero-order valence-corrected chi connectivity index (χ0v) is 11.4. The van der Waals surface area contributed by atoms with Gasteiger partial charge in [-0.25, -0.2) is 0 Å². The van der Waals surface area contributed by atoms with Gasteiger partial charge in [0.15, 0.2) is 0 Å². The molecule has 19 heavy (non-hydrogen) atoms. The minimum Gasteiger partial charge on any atom is -0.309 e. The lowest BCUT2D eigenvalue weighted by atomic mass is 9.88. The van der Waals surface area contributed by atoms with Gasteiger partial charge in [-0.2, -0.15) is 5.26 Å². The van der Waals surface area contributed by atoms with E-state index in [1.54, 1.807) is 0 Å². The Bertz CT molecular complexity index is 448. The number of benzene rings is 1. The molecule has 2 saturated carbocycles. The summed E-state index contributed by atoms with van der Waals surface area (Å²) in [5.41, 5.74) is 1.24. The van der Waals surface area contributed by atoms with Gasteiger partial charge in [0, 0.05) is 6.04 Å². The van der Waals surface area contributed by atoms with Gasteiger partial charge in [0.05, 0.1) is 12.5 Å². The Labute approximate surface area is 115 Å². The van der Waals surface area contributed by atoms with Gasteiger partial charge in [-0.3, -0.25) is 0 Å². The highest BCUT2D eigenvalue weighted by molar-refractivity contribution is 5.20. The van der Waals surface area contributed by atoms with Crippen LogP contribution in [-0.4, -0.2) is 6.54 Å². The highest BCUT2D eigenvalue weighted by atomic mass is 14.9. The van der Waals surface area contributed by atoms with Crippen LogP contribution < -0.4 is 5.32 Å². The quantitative estimate of drug-likeness (QED) is 0.870. The summed E-state index contributed by atoms with van der Waals surface area (Å²) in [5, 5.41) is 12.6. The highest BCUT2D eigenvalue weighted by Gasteiger charge is 2.39. The van der Waals surface area contributed by atoms with E-state index in [2.05, 4.69) is 35.7 Å². The van der Waals surface area contributed by atoms with Crippen LogP contribution in [0.5, 0.6) is 0 Å². The van der Waals surface area contributed by atoms with Crippen LogP contribution >= 0.6 is 0 Å². The molecule has 2 heteroatoms. The van der Waals surface area contributed by atoms with Crippen LogP contribution in [0.2, 0.25) is 0 Å². The van der Waals surface area contributed by atoms with Crippen LogP contribution in [-0.2, 0) is 0 Å². The van der Waals surface area contributed by atoms with Gasteiger partial charge >= 0.3 is 0 Å². The third-order valence-electron chi connectivity index (χ3n) is 5.01. The lowest BCUT2D eigenvalue weighted by Gasteiger charge is -2.25. The molecule has 0 saturated heterocycles. The maximum atomic E-state index is 9.01. The lowest BCUT2D eigenvalue weighted by Crippen LogP contribution is -2.29. The van der Waals surface area contributed by atoms with E-state index < -0.39 is 0 Å². The average Bonchev–Trinajstić information content (AvgIpc) is 3.07. The fourth-order valence-electron chi connectivity index (χ4n) is 4.00. The van der Waals surface area contributed by atoms with Crippen LogP contribution in [0.15, 0.2) is 30.3 Å². The van der Waals surface area contributed by atoms with E-state index in [1.807, 2.05) is 6.07 Å². The molecule has 1 aromatic carbocycles. The summed E-state index contributed by atoms with van der Waals surface area (Å²) < 4.78 is 0. The van der Waals surface area contributed by atoms with Crippen molar-refractivity contribution in [2.75, 3.05) is 6.54 Å². The molecule has 2 fully saturated rings. The molecule has 1 aromatic rings. The zero-order chi connectivity index (χ0) is 13.1. The molecular formula is C17H22N2. The molecule has 2 bridgehead atoms. The molecule has 2 nitrogen and oxygen atoms in total. The first-order valence-corrected chi connectivity index (χ1v) is 7.52. The normalized spacial score (nSPS) is 30.2.